The van der Waals surface area contributed by atoms with Crippen molar-refractivity contribution < 1.29 is 18.6 Å². The summed E-state index contributed by atoms with van der Waals surface area (Å²) in [4.78, 5) is 8.89. The molecule has 0 aliphatic rings. The number of nitrogens with one attached hydrogen (secondary N) is 1. The zero-order valence-electron chi connectivity index (χ0n) is 16.2. The molecule has 7 nitrogen and oxygen atoms in total. The molecule has 2 heterocycles. The van der Waals surface area contributed by atoms with E-state index >= 15 is 0 Å². The number of ether oxygens (including phenoxy) is 3. The fourth-order valence-electron chi connectivity index (χ4n) is 2.78. The Morgan fingerprint density at radius 1 is 1.03 bits per heavy atom. The summed E-state index contributed by atoms with van der Waals surface area (Å²) in [6, 6.07) is 10.9. The first-order valence-corrected chi connectivity index (χ1v) is 9.13. The monoisotopic (exact) mass is 447 g/mol. The van der Waals surface area contributed by atoms with Gasteiger partial charge in [-0.15, -0.1) is 12.4 Å². The number of halogens is 2. The topological polar surface area (TPSA) is 78.6 Å². The summed E-state index contributed by atoms with van der Waals surface area (Å²) < 4.78 is 21.4. The Bertz CT molecular complexity index is 1140. The highest BCUT2D eigenvalue weighted by Crippen LogP contribution is 2.32. The minimum Gasteiger partial charge on any atom is -0.493 e. The van der Waals surface area contributed by atoms with E-state index in [1.165, 1.54) is 0 Å². The maximum absolute atomic E-state index is 6.34. The molecule has 0 unspecified atom stereocenters. The highest BCUT2D eigenvalue weighted by molar-refractivity contribution is 6.32. The quantitative estimate of drug-likeness (QED) is 0.392. The van der Waals surface area contributed by atoms with E-state index in [0.717, 1.165) is 22.2 Å². The van der Waals surface area contributed by atoms with E-state index in [1.807, 2.05) is 18.2 Å². The van der Waals surface area contributed by atoms with Crippen LogP contribution in [-0.2, 0) is 6.61 Å². The van der Waals surface area contributed by atoms with Crippen LogP contribution in [0.2, 0.25) is 5.02 Å². The fourth-order valence-corrected chi connectivity index (χ4v) is 3.01. The average molecular weight is 448 g/mol. The number of methoxy groups -OCH3 is 2. The highest BCUT2D eigenvalue weighted by atomic mass is 35.5. The number of fused-ring (bicyclic) bond motifs is 1. The fraction of sp³-hybridized carbons (Fsp3) is 0.143. The number of hydrogen-bond acceptors (Lipinski definition) is 7. The van der Waals surface area contributed by atoms with Crippen molar-refractivity contribution in [3.63, 3.8) is 0 Å². The van der Waals surface area contributed by atoms with Crippen LogP contribution < -0.4 is 19.5 Å². The van der Waals surface area contributed by atoms with Crippen molar-refractivity contribution in [1.29, 1.82) is 0 Å². The molecule has 1 N–H and O–H groups in total. The Morgan fingerprint density at radius 3 is 2.53 bits per heavy atom. The maximum Gasteiger partial charge on any atom is 0.227 e. The number of aromatic nitrogens is 2. The largest absolute Gasteiger partial charge is 0.493 e. The third kappa shape index (κ3) is 4.69. The standard InChI is InChI=1S/C21H18ClN3O4.ClH/c1-26-19-7-14-10-23-21(25-17(14)9-20(19)27-2)24-15-3-4-18(16(22)8-15)29-12-13-5-6-28-11-13;/h3-11H,12H2,1-2H3,(H,23,24,25);1H. The molecule has 30 heavy (non-hydrogen) atoms. The summed E-state index contributed by atoms with van der Waals surface area (Å²) >= 11 is 6.34. The van der Waals surface area contributed by atoms with Crippen LogP contribution in [-0.4, -0.2) is 24.2 Å². The minimum absolute atomic E-state index is 0. The second-order valence-corrected chi connectivity index (χ2v) is 6.56. The molecule has 2 aromatic heterocycles. The summed E-state index contributed by atoms with van der Waals surface area (Å²) in [6.07, 6.45) is 4.95. The smallest absolute Gasteiger partial charge is 0.227 e. The Kier molecular flexibility index (Phi) is 6.87. The van der Waals surface area contributed by atoms with Gasteiger partial charge in [-0.2, -0.15) is 0 Å². The van der Waals surface area contributed by atoms with E-state index in [0.29, 0.717) is 34.8 Å². The number of rotatable bonds is 7. The third-order valence-electron chi connectivity index (χ3n) is 4.25. The van der Waals surface area contributed by atoms with Crippen molar-refractivity contribution in [2.24, 2.45) is 0 Å². The molecule has 0 radical (unpaired) electrons. The number of furan rings is 1. The van der Waals surface area contributed by atoms with Crippen molar-refractivity contribution in [2.75, 3.05) is 19.5 Å². The number of benzene rings is 2. The van der Waals surface area contributed by atoms with Crippen LogP contribution in [0.1, 0.15) is 5.56 Å². The SMILES string of the molecule is COc1cc2cnc(Nc3ccc(OCc4ccoc4)c(Cl)c3)nc2cc1OC.Cl. The summed E-state index contributed by atoms with van der Waals surface area (Å²) in [6.45, 7) is 0.377. The first-order chi connectivity index (χ1) is 14.2. The Labute approximate surface area is 184 Å². The molecule has 0 saturated carbocycles. The van der Waals surface area contributed by atoms with Gasteiger partial charge >= 0.3 is 0 Å². The zero-order chi connectivity index (χ0) is 20.2. The molecular formula is C21H19Cl2N3O4. The molecule has 4 aromatic rings. The summed E-state index contributed by atoms with van der Waals surface area (Å²) in [5, 5.41) is 4.47. The van der Waals surface area contributed by atoms with Crippen LogP contribution in [0.25, 0.3) is 10.9 Å². The van der Waals surface area contributed by atoms with E-state index < -0.39 is 0 Å². The lowest BCUT2D eigenvalue weighted by molar-refractivity contribution is 0.305. The molecule has 0 spiro atoms. The summed E-state index contributed by atoms with van der Waals surface area (Å²) in [5.74, 6) is 2.25. The van der Waals surface area contributed by atoms with Crippen LogP contribution in [0, 0.1) is 0 Å². The molecule has 9 heteroatoms. The number of anilines is 2. The molecule has 0 bridgehead atoms. The van der Waals surface area contributed by atoms with Crippen LogP contribution in [0.5, 0.6) is 17.2 Å². The summed E-state index contributed by atoms with van der Waals surface area (Å²) in [7, 11) is 3.18. The van der Waals surface area contributed by atoms with Gasteiger partial charge in [-0.25, -0.2) is 9.97 Å². The van der Waals surface area contributed by atoms with Crippen molar-refractivity contribution in [1.82, 2.24) is 9.97 Å². The molecule has 0 fully saturated rings. The Morgan fingerprint density at radius 2 is 1.83 bits per heavy atom. The van der Waals surface area contributed by atoms with Crippen molar-refractivity contribution in [3.8, 4) is 17.2 Å². The van der Waals surface area contributed by atoms with Gasteiger partial charge < -0.3 is 23.9 Å². The molecule has 0 saturated heterocycles. The van der Waals surface area contributed by atoms with Gasteiger partial charge in [-0.05, 0) is 30.3 Å². The van der Waals surface area contributed by atoms with Crippen LogP contribution in [0.4, 0.5) is 11.6 Å². The first-order valence-electron chi connectivity index (χ1n) is 8.75. The van der Waals surface area contributed by atoms with Crippen LogP contribution in [0.15, 0.2) is 59.5 Å². The van der Waals surface area contributed by atoms with Gasteiger partial charge in [0.2, 0.25) is 5.95 Å². The van der Waals surface area contributed by atoms with Crippen LogP contribution >= 0.6 is 24.0 Å². The highest BCUT2D eigenvalue weighted by Gasteiger charge is 2.10. The first kappa shape index (κ1) is 21.5. The third-order valence-corrected chi connectivity index (χ3v) is 4.54. The number of hydrogen-bond donors (Lipinski definition) is 1. The maximum atomic E-state index is 6.34. The Balaban J connectivity index is 0.00000256. The van der Waals surface area contributed by atoms with Crippen molar-refractivity contribution in [3.05, 3.63) is 65.7 Å². The molecule has 156 valence electrons. The van der Waals surface area contributed by atoms with Gasteiger partial charge in [0.05, 0.1) is 37.3 Å². The molecule has 4 rings (SSSR count). The van der Waals surface area contributed by atoms with E-state index in [1.54, 1.807) is 51.1 Å². The van der Waals surface area contributed by atoms with Crippen LogP contribution in [0.3, 0.4) is 0 Å². The van der Waals surface area contributed by atoms with E-state index in [4.69, 9.17) is 30.2 Å². The molecule has 2 aromatic carbocycles. The van der Waals surface area contributed by atoms with E-state index in [2.05, 4.69) is 15.3 Å². The lowest BCUT2D eigenvalue weighted by Crippen LogP contribution is -1.99. The van der Waals surface area contributed by atoms with Gasteiger partial charge in [-0.3, -0.25) is 0 Å². The summed E-state index contributed by atoms with van der Waals surface area (Å²) in [5.41, 5.74) is 2.40. The van der Waals surface area contributed by atoms with Crippen molar-refractivity contribution >= 4 is 46.5 Å². The van der Waals surface area contributed by atoms with Gasteiger partial charge in [0.1, 0.15) is 12.4 Å². The molecular weight excluding hydrogens is 429 g/mol. The average Bonchev–Trinajstić information content (AvgIpc) is 3.25. The second-order valence-electron chi connectivity index (χ2n) is 6.15. The van der Waals surface area contributed by atoms with Gasteiger partial charge in [-0.1, -0.05) is 11.6 Å². The predicted molar refractivity (Wildman–Crippen MR) is 118 cm³/mol. The van der Waals surface area contributed by atoms with E-state index in [-0.39, 0.29) is 12.4 Å². The molecule has 0 amide bonds. The molecule has 0 aliphatic heterocycles. The lowest BCUT2D eigenvalue weighted by Gasteiger charge is -2.11. The van der Waals surface area contributed by atoms with Gasteiger partial charge in [0.25, 0.3) is 0 Å². The number of nitrogens with zero attached hydrogens (tertiary/aromatic N) is 2. The molecule has 0 atom stereocenters. The van der Waals surface area contributed by atoms with Crippen molar-refractivity contribution in [2.45, 2.75) is 6.61 Å². The second kappa shape index (κ2) is 9.56. The van der Waals surface area contributed by atoms with Gasteiger partial charge in [0, 0.05) is 28.9 Å². The zero-order valence-corrected chi connectivity index (χ0v) is 17.8. The normalized spacial score (nSPS) is 10.4. The minimum atomic E-state index is 0. The Hall–Kier alpha value is -3.16. The predicted octanol–water partition coefficient (Wildman–Crippen LogP) is 5.64. The van der Waals surface area contributed by atoms with E-state index in [9.17, 15) is 0 Å². The van der Waals surface area contributed by atoms with Gasteiger partial charge in [0.15, 0.2) is 11.5 Å². The lowest BCUT2D eigenvalue weighted by atomic mass is 10.2. The molecule has 0 aliphatic carbocycles.